The van der Waals surface area contributed by atoms with Gasteiger partial charge in [-0.15, -0.1) is 11.8 Å². The predicted octanol–water partition coefficient (Wildman–Crippen LogP) is 4.18. The molecule has 0 saturated carbocycles. The first-order valence-corrected chi connectivity index (χ1v) is 7.61. The molecule has 0 heterocycles. The van der Waals surface area contributed by atoms with Gasteiger partial charge in [0.15, 0.2) is 0 Å². The van der Waals surface area contributed by atoms with E-state index < -0.39 is 0 Å². The third kappa shape index (κ3) is 3.78. The maximum absolute atomic E-state index is 6.16. The second-order valence-corrected chi connectivity index (χ2v) is 6.20. The zero-order chi connectivity index (χ0) is 14.5. The van der Waals surface area contributed by atoms with Gasteiger partial charge < -0.3 is 10.5 Å². The van der Waals surface area contributed by atoms with Gasteiger partial charge in [-0.1, -0.05) is 29.8 Å². The van der Waals surface area contributed by atoms with E-state index in [1.165, 1.54) is 16.0 Å². The van der Waals surface area contributed by atoms with Gasteiger partial charge in [-0.25, -0.2) is 0 Å². The maximum Gasteiger partial charge on any atom is 0.118 e. The van der Waals surface area contributed by atoms with Gasteiger partial charge in [0.1, 0.15) is 5.75 Å². The quantitative estimate of drug-likeness (QED) is 0.838. The number of hydrogen-bond acceptors (Lipinski definition) is 3. The van der Waals surface area contributed by atoms with Gasteiger partial charge in [0.05, 0.1) is 7.11 Å². The molecule has 3 heteroatoms. The van der Waals surface area contributed by atoms with E-state index in [2.05, 4.69) is 50.2 Å². The Bertz CT molecular complexity index is 534. The molecule has 0 saturated heterocycles. The molecular formula is C17H21NOS. The van der Waals surface area contributed by atoms with Gasteiger partial charge >= 0.3 is 0 Å². The molecule has 2 nitrogen and oxygen atoms in total. The van der Waals surface area contributed by atoms with E-state index in [-0.39, 0.29) is 11.3 Å². The van der Waals surface area contributed by atoms with Crippen LogP contribution < -0.4 is 10.5 Å². The minimum Gasteiger partial charge on any atom is -0.497 e. The normalized spacial score (nSPS) is 13.8. The monoisotopic (exact) mass is 287 g/mol. The summed E-state index contributed by atoms with van der Waals surface area (Å²) in [6.07, 6.45) is 0. The highest BCUT2D eigenvalue weighted by molar-refractivity contribution is 7.99. The molecule has 0 spiro atoms. The summed E-state index contributed by atoms with van der Waals surface area (Å²) in [6.45, 7) is 4.15. The Balaban J connectivity index is 2.19. The zero-order valence-electron chi connectivity index (χ0n) is 12.2. The molecule has 2 aromatic carbocycles. The van der Waals surface area contributed by atoms with Crippen LogP contribution in [0, 0.1) is 6.92 Å². The second-order valence-electron chi connectivity index (χ2n) is 4.98. The largest absolute Gasteiger partial charge is 0.497 e. The lowest BCUT2D eigenvalue weighted by Crippen LogP contribution is -2.22. The van der Waals surface area contributed by atoms with Crippen LogP contribution in [0.4, 0.5) is 0 Å². The first-order chi connectivity index (χ1) is 9.60. The van der Waals surface area contributed by atoms with Crippen LogP contribution >= 0.6 is 11.8 Å². The number of aryl methyl sites for hydroxylation is 1. The van der Waals surface area contributed by atoms with Crippen molar-refractivity contribution in [3.05, 3.63) is 59.7 Å². The van der Waals surface area contributed by atoms with Crippen LogP contribution in [0.3, 0.4) is 0 Å². The standard InChI is InChI=1S/C17H21NOS/c1-12-4-10-16(11-5-12)20-17(13(2)18)14-6-8-15(19-3)9-7-14/h4-11,13,17H,18H2,1-3H3. The van der Waals surface area contributed by atoms with E-state index in [0.29, 0.717) is 0 Å². The molecule has 20 heavy (non-hydrogen) atoms. The van der Waals surface area contributed by atoms with Crippen LogP contribution in [0.15, 0.2) is 53.4 Å². The van der Waals surface area contributed by atoms with Crippen LogP contribution in [0.5, 0.6) is 5.75 Å². The van der Waals surface area contributed by atoms with Crippen LogP contribution in [-0.2, 0) is 0 Å². The summed E-state index contributed by atoms with van der Waals surface area (Å²) in [7, 11) is 1.68. The molecule has 106 valence electrons. The van der Waals surface area contributed by atoms with Crippen molar-refractivity contribution in [1.82, 2.24) is 0 Å². The lowest BCUT2D eigenvalue weighted by molar-refractivity contribution is 0.414. The fourth-order valence-corrected chi connectivity index (χ4v) is 3.13. The van der Waals surface area contributed by atoms with Crippen molar-refractivity contribution in [3.63, 3.8) is 0 Å². The number of ether oxygens (including phenoxy) is 1. The van der Waals surface area contributed by atoms with Gasteiger partial charge in [-0.05, 0) is 43.7 Å². The van der Waals surface area contributed by atoms with Gasteiger partial charge in [0.25, 0.3) is 0 Å². The number of rotatable bonds is 5. The molecule has 0 radical (unpaired) electrons. The maximum atomic E-state index is 6.16. The van der Waals surface area contributed by atoms with E-state index in [1.54, 1.807) is 18.9 Å². The van der Waals surface area contributed by atoms with E-state index >= 15 is 0 Å². The summed E-state index contributed by atoms with van der Waals surface area (Å²) in [5.41, 5.74) is 8.67. The van der Waals surface area contributed by atoms with Crippen LogP contribution in [0.25, 0.3) is 0 Å². The Hall–Kier alpha value is -1.45. The summed E-state index contributed by atoms with van der Waals surface area (Å²) in [4.78, 5) is 1.24. The number of nitrogens with two attached hydrogens (primary N) is 1. The number of hydrogen-bond donors (Lipinski definition) is 1. The number of methoxy groups -OCH3 is 1. The minimum absolute atomic E-state index is 0.0784. The highest BCUT2D eigenvalue weighted by atomic mass is 32.2. The Morgan fingerprint density at radius 3 is 2.10 bits per heavy atom. The van der Waals surface area contributed by atoms with Gasteiger partial charge in [0, 0.05) is 16.2 Å². The molecule has 2 aromatic rings. The van der Waals surface area contributed by atoms with E-state index in [0.717, 1.165) is 5.75 Å². The third-order valence-corrected chi connectivity index (χ3v) is 4.71. The van der Waals surface area contributed by atoms with Crippen LogP contribution in [0.2, 0.25) is 0 Å². The van der Waals surface area contributed by atoms with E-state index in [4.69, 9.17) is 10.5 Å². The molecule has 2 N–H and O–H groups in total. The SMILES string of the molecule is COc1ccc(C(Sc2ccc(C)cc2)C(C)N)cc1. The highest BCUT2D eigenvalue weighted by Crippen LogP contribution is 2.37. The zero-order valence-corrected chi connectivity index (χ0v) is 13.0. The summed E-state index contributed by atoms with van der Waals surface area (Å²) < 4.78 is 5.20. The number of thioether (sulfide) groups is 1. The fraction of sp³-hybridized carbons (Fsp3) is 0.294. The molecule has 0 aliphatic carbocycles. The topological polar surface area (TPSA) is 35.2 Å². The van der Waals surface area contributed by atoms with Gasteiger partial charge in [-0.3, -0.25) is 0 Å². The Kier molecular flexibility index (Phi) is 5.10. The fourth-order valence-electron chi connectivity index (χ4n) is 2.04. The molecule has 0 aliphatic heterocycles. The van der Waals surface area contributed by atoms with Gasteiger partial charge in [0.2, 0.25) is 0 Å². The van der Waals surface area contributed by atoms with Crippen molar-refractivity contribution in [2.45, 2.75) is 30.0 Å². The van der Waals surface area contributed by atoms with Crippen molar-refractivity contribution in [2.24, 2.45) is 5.73 Å². The molecule has 0 bridgehead atoms. The first-order valence-electron chi connectivity index (χ1n) is 6.73. The van der Waals surface area contributed by atoms with Crippen molar-refractivity contribution >= 4 is 11.8 Å². The van der Waals surface area contributed by atoms with Crippen molar-refractivity contribution < 1.29 is 4.74 Å². The van der Waals surface area contributed by atoms with Crippen LogP contribution in [-0.4, -0.2) is 13.2 Å². The summed E-state index contributed by atoms with van der Waals surface area (Å²) in [6, 6.07) is 16.8. The number of benzene rings is 2. The molecule has 0 fully saturated rings. The molecule has 2 atom stereocenters. The molecule has 0 aliphatic rings. The highest BCUT2D eigenvalue weighted by Gasteiger charge is 2.17. The molecular weight excluding hydrogens is 266 g/mol. The molecule has 0 amide bonds. The van der Waals surface area contributed by atoms with E-state index in [1.807, 2.05) is 12.1 Å². The van der Waals surface area contributed by atoms with Crippen molar-refractivity contribution in [3.8, 4) is 5.75 Å². The second kappa shape index (κ2) is 6.82. The Labute approximate surface area is 125 Å². The van der Waals surface area contributed by atoms with Gasteiger partial charge in [-0.2, -0.15) is 0 Å². The third-order valence-electron chi connectivity index (χ3n) is 3.21. The Morgan fingerprint density at radius 2 is 1.60 bits per heavy atom. The molecule has 0 aromatic heterocycles. The smallest absolute Gasteiger partial charge is 0.118 e. The average molecular weight is 287 g/mol. The van der Waals surface area contributed by atoms with Crippen molar-refractivity contribution in [1.29, 1.82) is 0 Å². The minimum atomic E-state index is 0.0784. The first kappa shape index (κ1) is 14.9. The summed E-state index contributed by atoms with van der Waals surface area (Å²) in [5.74, 6) is 0.873. The Morgan fingerprint density at radius 1 is 1.00 bits per heavy atom. The predicted molar refractivity (Wildman–Crippen MR) is 86.4 cm³/mol. The average Bonchev–Trinajstić information content (AvgIpc) is 2.46. The lowest BCUT2D eigenvalue weighted by Gasteiger charge is -2.21. The van der Waals surface area contributed by atoms with Crippen LogP contribution in [0.1, 0.15) is 23.3 Å². The van der Waals surface area contributed by atoms with Crippen molar-refractivity contribution in [2.75, 3.05) is 7.11 Å². The summed E-state index contributed by atoms with van der Waals surface area (Å²) >= 11 is 1.81. The van der Waals surface area contributed by atoms with E-state index in [9.17, 15) is 0 Å². The molecule has 2 rings (SSSR count). The lowest BCUT2D eigenvalue weighted by atomic mass is 10.1. The molecule has 2 unspecified atom stereocenters. The summed E-state index contributed by atoms with van der Waals surface area (Å²) in [5, 5.41) is 0.239.